The van der Waals surface area contributed by atoms with Crippen LogP contribution >= 0.6 is 27.5 Å². The third-order valence-corrected chi connectivity index (χ3v) is 3.15. The Morgan fingerprint density at radius 3 is 2.74 bits per heavy atom. The lowest BCUT2D eigenvalue weighted by Gasteiger charge is -2.20. The smallest absolute Gasteiger partial charge is 0.257 e. The average molecular weight is 349 g/mol. The van der Waals surface area contributed by atoms with Gasteiger partial charge in [0.05, 0.1) is 12.1 Å². The van der Waals surface area contributed by atoms with Crippen molar-refractivity contribution in [2.24, 2.45) is 0 Å². The predicted molar refractivity (Wildman–Crippen MR) is 77.2 cm³/mol. The maximum Gasteiger partial charge on any atom is 0.257 e. The Labute approximate surface area is 125 Å². The van der Waals surface area contributed by atoms with Gasteiger partial charge in [-0.1, -0.05) is 11.6 Å². The predicted octanol–water partition coefficient (Wildman–Crippen LogP) is 2.10. The molecule has 1 N–H and O–H groups in total. The van der Waals surface area contributed by atoms with E-state index in [0.717, 1.165) is 0 Å². The fourth-order valence-corrected chi connectivity index (χ4v) is 2.01. The number of rotatable bonds is 5. The van der Waals surface area contributed by atoms with Gasteiger partial charge >= 0.3 is 0 Å². The first kappa shape index (κ1) is 15.9. The highest BCUT2D eigenvalue weighted by Gasteiger charge is 2.20. The molecule has 1 heterocycles. The van der Waals surface area contributed by atoms with Crippen LogP contribution in [0.2, 0.25) is 5.15 Å². The van der Waals surface area contributed by atoms with Crippen molar-refractivity contribution in [2.75, 3.05) is 19.6 Å². The molecule has 5 nitrogen and oxygen atoms in total. The van der Waals surface area contributed by atoms with Gasteiger partial charge in [-0.05, 0) is 35.8 Å². The highest BCUT2D eigenvalue weighted by molar-refractivity contribution is 9.10. The molecular weight excluding hydrogens is 334 g/mol. The molecular formula is C12H15BrClN3O2. The summed E-state index contributed by atoms with van der Waals surface area (Å²) >= 11 is 9.15. The monoisotopic (exact) mass is 347 g/mol. The Balaban J connectivity index is 2.89. The first-order valence-electron chi connectivity index (χ1n) is 5.86. The van der Waals surface area contributed by atoms with E-state index in [1.54, 1.807) is 13.0 Å². The Morgan fingerprint density at radius 1 is 1.47 bits per heavy atom. The van der Waals surface area contributed by atoms with Crippen LogP contribution in [0.3, 0.4) is 0 Å². The van der Waals surface area contributed by atoms with Gasteiger partial charge in [0, 0.05) is 23.8 Å². The van der Waals surface area contributed by atoms with Crippen molar-refractivity contribution >= 4 is 39.3 Å². The van der Waals surface area contributed by atoms with Crippen molar-refractivity contribution in [1.82, 2.24) is 15.2 Å². The van der Waals surface area contributed by atoms with Crippen LogP contribution < -0.4 is 5.32 Å². The molecule has 0 aromatic carbocycles. The molecule has 2 amide bonds. The van der Waals surface area contributed by atoms with E-state index < -0.39 is 0 Å². The minimum atomic E-state index is -0.312. The Morgan fingerprint density at radius 2 is 2.16 bits per heavy atom. The van der Waals surface area contributed by atoms with Crippen molar-refractivity contribution in [3.8, 4) is 0 Å². The van der Waals surface area contributed by atoms with Gasteiger partial charge in [0.2, 0.25) is 5.91 Å². The van der Waals surface area contributed by atoms with Crippen LogP contribution in [0.25, 0.3) is 0 Å². The van der Waals surface area contributed by atoms with E-state index in [1.807, 2.05) is 6.92 Å². The van der Waals surface area contributed by atoms with Crippen molar-refractivity contribution in [3.63, 3.8) is 0 Å². The number of hydrogen-bond donors (Lipinski definition) is 1. The van der Waals surface area contributed by atoms with Crippen LogP contribution in [0.15, 0.2) is 16.7 Å². The second kappa shape index (κ2) is 7.45. The van der Waals surface area contributed by atoms with Crippen LogP contribution in [-0.4, -0.2) is 41.3 Å². The normalized spacial score (nSPS) is 10.1. The van der Waals surface area contributed by atoms with Crippen molar-refractivity contribution in [3.05, 3.63) is 27.5 Å². The number of halogens is 2. The van der Waals surface area contributed by atoms with Gasteiger partial charge < -0.3 is 10.2 Å². The molecule has 0 bridgehead atoms. The molecule has 0 atom stereocenters. The minimum absolute atomic E-state index is 0.00597. The number of aromatic nitrogens is 1. The van der Waals surface area contributed by atoms with Crippen LogP contribution in [-0.2, 0) is 4.79 Å². The van der Waals surface area contributed by atoms with E-state index in [9.17, 15) is 9.59 Å². The number of carbonyl (C=O) groups excluding carboxylic acids is 2. The van der Waals surface area contributed by atoms with E-state index in [1.165, 1.54) is 11.1 Å². The SMILES string of the molecule is CCNC(=O)CN(CC)C(=O)c1cc(Br)cnc1Cl. The number of carbonyl (C=O) groups is 2. The Hall–Kier alpha value is -1.14. The molecule has 1 rings (SSSR count). The van der Waals surface area contributed by atoms with Crippen LogP contribution in [0.4, 0.5) is 0 Å². The average Bonchev–Trinajstić information content (AvgIpc) is 2.38. The summed E-state index contributed by atoms with van der Waals surface area (Å²) in [6.07, 6.45) is 1.51. The summed E-state index contributed by atoms with van der Waals surface area (Å²) in [5.74, 6) is -0.510. The number of hydrogen-bond acceptors (Lipinski definition) is 3. The molecule has 19 heavy (non-hydrogen) atoms. The lowest BCUT2D eigenvalue weighted by molar-refractivity contribution is -0.121. The number of pyridine rings is 1. The third-order valence-electron chi connectivity index (χ3n) is 2.41. The van der Waals surface area contributed by atoms with Gasteiger partial charge in [-0.3, -0.25) is 9.59 Å². The molecule has 0 unspecified atom stereocenters. The molecule has 0 saturated carbocycles. The summed E-state index contributed by atoms with van der Waals surface area (Å²) in [5.41, 5.74) is 0.280. The van der Waals surface area contributed by atoms with Crippen LogP contribution in [0.1, 0.15) is 24.2 Å². The first-order chi connectivity index (χ1) is 8.99. The van der Waals surface area contributed by atoms with E-state index in [-0.39, 0.29) is 29.1 Å². The quantitative estimate of drug-likeness (QED) is 0.829. The summed E-state index contributed by atoms with van der Waals surface area (Å²) in [6, 6.07) is 1.60. The number of nitrogens with zero attached hydrogens (tertiary/aromatic N) is 2. The molecule has 0 spiro atoms. The van der Waals surface area contributed by atoms with Crippen molar-refractivity contribution in [1.29, 1.82) is 0 Å². The van der Waals surface area contributed by atoms with Crippen LogP contribution in [0, 0.1) is 0 Å². The van der Waals surface area contributed by atoms with Gasteiger partial charge in [0.1, 0.15) is 5.15 Å². The summed E-state index contributed by atoms with van der Waals surface area (Å²) in [7, 11) is 0. The third kappa shape index (κ3) is 4.47. The fraction of sp³-hybridized carbons (Fsp3) is 0.417. The number of nitrogens with one attached hydrogen (secondary N) is 1. The first-order valence-corrected chi connectivity index (χ1v) is 7.03. The zero-order chi connectivity index (χ0) is 14.4. The maximum absolute atomic E-state index is 12.3. The second-order valence-electron chi connectivity index (χ2n) is 3.76. The van der Waals surface area contributed by atoms with Gasteiger partial charge in [-0.25, -0.2) is 4.98 Å². The van der Waals surface area contributed by atoms with Crippen molar-refractivity contribution < 1.29 is 9.59 Å². The molecule has 0 aliphatic rings. The van der Waals surface area contributed by atoms with Crippen LogP contribution in [0.5, 0.6) is 0 Å². The standard InChI is InChI=1S/C12H15BrClN3O2/c1-3-15-10(18)7-17(4-2)12(19)9-5-8(13)6-16-11(9)14/h5-6H,3-4,7H2,1-2H3,(H,15,18). The molecule has 0 aliphatic carbocycles. The molecule has 0 saturated heterocycles. The highest BCUT2D eigenvalue weighted by Crippen LogP contribution is 2.19. The Kier molecular flexibility index (Phi) is 6.24. The number of amides is 2. The highest BCUT2D eigenvalue weighted by atomic mass is 79.9. The van der Waals surface area contributed by atoms with Gasteiger partial charge in [-0.2, -0.15) is 0 Å². The van der Waals surface area contributed by atoms with E-state index >= 15 is 0 Å². The molecule has 0 radical (unpaired) electrons. The van der Waals surface area contributed by atoms with Gasteiger partial charge in [-0.15, -0.1) is 0 Å². The van der Waals surface area contributed by atoms with E-state index in [4.69, 9.17) is 11.6 Å². The lowest BCUT2D eigenvalue weighted by atomic mass is 10.2. The minimum Gasteiger partial charge on any atom is -0.355 e. The second-order valence-corrected chi connectivity index (χ2v) is 5.04. The lowest BCUT2D eigenvalue weighted by Crippen LogP contribution is -2.40. The summed E-state index contributed by atoms with van der Waals surface area (Å²) in [5, 5.41) is 2.78. The van der Waals surface area contributed by atoms with E-state index in [0.29, 0.717) is 17.6 Å². The number of likely N-dealkylation sites (N-methyl/N-ethyl adjacent to an activating group) is 2. The molecule has 7 heteroatoms. The molecule has 1 aromatic heterocycles. The summed E-state index contributed by atoms with van der Waals surface area (Å²) < 4.78 is 0.661. The molecule has 0 fully saturated rings. The van der Waals surface area contributed by atoms with Gasteiger partial charge in [0.25, 0.3) is 5.91 Å². The molecule has 104 valence electrons. The van der Waals surface area contributed by atoms with E-state index in [2.05, 4.69) is 26.2 Å². The fourth-order valence-electron chi connectivity index (χ4n) is 1.50. The Bertz CT molecular complexity index is 482. The van der Waals surface area contributed by atoms with Crippen molar-refractivity contribution in [2.45, 2.75) is 13.8 Å². The maximum atomic E-state index is 12.3. The topological polar surface area (TPSA) is 62.3 Å². The zero-order valence-electron chi connectivity index (χ0n) is 10.7. The molecule has 1 aromatic rings. The largest absolute Gasteiger partial charge is 0.355 e. The zero-order valence-corrected chi connectivity index (χ0v) is 13.1. The van der Waals surface area contributed by atoms with Gasteiger partial charge in [0.15, 0.2) is 0 Å². The summed E-state index contributed by atoms with van der Waals surface area (Å²) in [4.78, 5) is 29.1. The summed E-state index contributed by atoms with van der Waals surface area (Å²) in [6.45, 7) is 4.58. The molecule has 0 aliphatic heterocycles.